The molecule has 0 aromatic carbocycles. The van der Waals surface area contributed by atoms with Crippen molar-refractivity contribution in [3.63, 3.8) is 0 Å². The van der Waals surface area contributed by atoms with Crippen LogP contribution in [0.1, 0.15) is 50.9 Å². The van der Waals surface area contributed by atoms with E-state index < -0.39 is 5.67 Å². The number of rotatable bonds is 4. The maximum atomic E-state index is 15.3. The van der Waals surface area contributed by atoms with Crippen LogP contribution in [0.25, 0.3) is 0 Å². The molecule has 0 aliphatic carbocycles. The predicted octanol–water partition coefficient (Wildman–Crippen LogP) is 3.39. The summed E-state index contributed by atoms with van der Waals surface area (Å²) in [6, 6.07) is 0.752. The van der Waals surface area contributed by atoms with Crippen molar-refractivity contribution in [1.29, 1.82) is 0 Å². The molecule has 2 saturated heterocycles. The van der Waals surface area contributed by atoms with Gasteiger partial charge in [0.2, 0.25) is 0 Å². The van der Waals surface area contributed by atoms with Crippen molar-refractivity contribution in [2.24, 2.45) is 0 Å². The van der Waals surface area contributed by atoms with Crippen molar-refractivity contribution in [3.05, 3.63) is 15.9 Å². The van der Waals surface area contributed by atoms with E-state index in [0.29, 0.717) is 31.3 Å². The Morgan fingerprint density at radius 3 is 2.55 bits per heavy atom. The van der Waals surface area contributed by atoms with E-state index in [-0.39, 0.29) is 0 Å². The minimum absolute atomic E-state index is 0.376. The number of aryl methyl sites for hydroxylation is 2. The third-order valence-corrected chi connectivity index (χ3v) is 5.65. The van der Waals surface area contributed by atoms with Crippen LogP contribution in [0.3, 0.4) is 0 Å². The molecular weight excluding hydrogens is 321 g/mol. The van der Waals surface area contributed by atoms with E-state index in [9.17, 15) is 0 Å². The standard InChI is InChI=1S/C15H23BrFN3/c1-3-12-14(16)13(20(4-2)19-12)9-15(17)7-10-5-6-11(8-15)18-10/h10-11,18H,3-9H2,1-2H3. The smallest absolute Gasteiger partial charge is 0.119 e. The summed E-state index contributed by atoms with van der Waals surface area (Å²) in [5, 5.41) is 8.10. The Balaban J connectivity index is 1.85. The number of nitrogens with one attached hydrogen (secondary N) is 1. The van der Waals surface area contributed by atoms with Crippen LogP contribution in [0.2, 0.25) is 0 Å². The second-order valence-corrected chi connectivity index (χ2v) is 7.04. The first-order valence-corrected chi connectivity index (χ1v) is 8.53. The van der Waals surface area contributed by atoms with Crippen molar-refractivity contribution in [3.8, 4) is 0 Å². The van der Waals surface area contributed by atoms with Gasteiger partial charge in [-0.15, -0.1) is 0 Å². The Labute approximate surface area is 128 Å². The molecule has 1 aromatic rings. The molecular formula is C15H23BrFN3. The first-order chi connectivity index (χ1) is 9.54. The number of nitrogens with zero attached hydrogens (tertiary/aromatic N) is 2. The first-order valence-electron chi connectivity index (χ1n) is 7.73. The third kappa shape index (κ3) is 2.54. The number of halogens is 2. The Morgan fingerprint density at radius 2 is 2.00 bits per heavy atom. The average Bonchev–Trinajstić information content (AvgIpc) is 2.91. The number of aromatic nitrogens is 2. The molecule has 2 bridgehead atoms. The van der Waals surface area contributed by atoms with E-state index in [4.69, 9.17) is 0 Å². The van der Waals surface area contributed by atoms with Gasteiger partial charge in [-0.1, -0.05) is 6.92 Å². The quantitative estimate of drug-likeness (QED) is 0.907. The van der Waals surface area contributed by atoms with Crippen LogP contribution in [0.5, 0.6) is 0 Å². The monoisotopic (exact) mass is 343 g/mol. The lowest BCUT2D eigenvalue weighted by atomic mass is 9.85. The van der Waals surface area contributed by atoms with Crippen molar-refractivity contribution < 1.29 is 4.39 Å². The van der Waals surface area contributed by atoms with Crippen LogP contribution in [-0.4, -0.2) is 27.5 Å². The molecule has 2 fully saturated rings. The second kappa shape index (κ2) is 5.41. The Hall–Kier alpha value is -0.420. The summed E-state index contributed by atoms with van der Waals surface area (Å²) in [7, 11) is 0. The van der Waals surface area contributed by atoms with E-state index in [1.54, 1.807) is 0 Å². The first kappa shape index (κ1) is 14.5. The fourth-order valence-electron chi connectivity index (χ4n) is 3.82. The molecule has 2 atom stereocenters. The molecule has 112 valence electrons. The van der Waals surface area contributed by atoms with Crippen LogP contribution in [0.4, 0.5) is 4.39 Å². The lowest BCUT2D eigenvalue weighted by Gasteiger charge is -2.35. The molecule has 2 unspecified atom stereocenters. The van der Waals surface area contributed by atoms with Crippen LogP contribution in [-0.2, 0) is 19.4 Å². The van der Waals surface area contributed by atoms with E-state index in [1.165, 1.54) is 0 Å². The molecule has 20 heavy (non-hydrogen) atoms. The van der Waals surface area contributed by atoms with Gasteiger partial charge in [-0.05, 0) is 55.0 Å². The van der Waals surface area contributed by atoms with Crippen molar-refractivity contribution in [2.45, 2.75) is 76.7 Å². The summed E-state index contributed by atoms with van der Waals surface area (Å²) in [4.78, 5) is 0. The summed E-state index contributed by atoms with van der Waals surface area (Å²) in [5.41, 5.74) is 1.01. The third-order valence-electron chi connectivity index (χ3n) is 4.74. The van der Waals surface area contributed by atoms with Gasteiger partial charge >= 0.3 is 0 Å². The van der Waals surface area contributed by atoms with Gasteiger partial charge < -0.3 is 5.32 Å². The maximum absolute atomic E-state index is 15.3. The highest BCUT2D eigenvalue weighted by Gasteiger charge is 2.44. The van der Waals surface area contributed by atoms with Crippen molar-refractivity contribution >= 4 is 15.9 Å². The predicted molar refractivity (Wildman–Crippen MR) is 81.7 cm³/mol. The molecule has 3 heterocycles. The minimum atomic E-state index is -1.07. The minimum Gasteiger partial charge on any atom is -0.311 e. The van der Waals surface area contributed by atoms with Crippen molar-refractivity contribution in [1.82, 2.24) is 15.1 Å². The van der Waals surface area contributed by atoms with Gasteiger partial charge in [0.1, 0.15) is 5.67 Å². The van der Waals surface area contributed by atoms with Crippen LogP contribution in [0, 0.1) is 0 Å². The SMILES string of the molecule is CCc1nn(CC)c(CC2(F)CC3CCC(C2)N3)c1Br. The highest BCUT2D eigenvalue weighted by molar-refractivity contribution is 9.10. The highest BCUT2D eigenvalue weighted by Crippen LogP contribution is 2.40. The average molecular weight is 344 g/mol. The summed E-state index contributed by atoms with van der Waals surface area (Å²) in [6.45, 7) is 4.96. The van der Waals surface area contributed by atoms with Gasteiger partial charge in [-0.3, -0.25) is 4.68 Å². The fraction of sp³-hybridized carbons (Fsp3) is 0.800. The maximum Gasteiger partial charge on any atom is 0.119 e. The van der Waals surface area contributed by atoms with Gasteiger partial charge in [-0.2, -0.15) is 5.10 Å². The Morgan fingerprint density at radius 1 is 1.35 bits per heavy atom. The molecule has 5 heteroatoms. The number of hydrogen-bond donors (Lipinski definition) is 1. The van der Waals surface area contributed by atoms with E-state index in [0.717, 1.165) is 41.7 Å². The largest absolute Gasteiger partial charge is 0.311 e. The molecule has 2 aliphatic heterocycles. The molecule has 0 amide bonds. The lowest BCUT2D eigenvalue weighted by molar-refractivity contribution is 0.0868. The van der Waals surface area contributed by atoms with Crippen LogP contribution < -0.4 is 5.32 Å². The molecule has 0 saturated carbocycles. The molecule has 3 nitrogen and oxygen atoms in total. The molecule has 0 radical (unpaired) electrons. The zero-order chi connectivity index (χ0) is 14.3. The summed E-state index contributed by atoms with van der Waals surface area (Å²) < 4.78 is 18.3. The molecule has 3 rings (SSSR count). The summed E-state index contributed by atoms with van der Waals surface area (Å²) >= 11 is 3.63. The number of alkyl halides is 1. The fourth-order valence-corrected chi connectivity index (χ4v) is 4.53. The zero-order valence-electron chi connectivity index (χ0n) is 12.3. The Bertz CT molecular complexity index is 488. The van der Waals surface area contributed by atoms with Crippen molar-refractivity contribution in [2.75, 3.05) is 0 Å². The van der Waals surface area contributed by atoms with Crippen LogP contribution in [0.15, 0.2) is 4.47 Å². The van der Waals surface area contributed by atoms with Crippen LogP contribution >= 0.6 is 15.9 Å². The molecule has 1 aromatic heterocycles. The van der Waals surface area contributed by atoms with E-state index in [2.05, 4.69) is 40.2 Å². The normalized spacial score (nSPS) is 32.8. The van der Waals surface area contributed by atoms with Gasteiger partial charge in [0, 0.05) is 25.0 Å². The summed E-state index contributed by atoms with van der Waals surface area (Å²) in [6.07, 6.45) is 4.92. The molecule has 2 aliphatic rings. The summed E-state index contributed by atoms with van der Waals surface area (Å²) in [5.74, 6) is 0. The number of fused-ring (bicyclic) bond motifs is 2. The number of hydrogen-bond acceptors (Lipinski definition) is 2. The van der Waals surface area contributed by atoms with Gasteiger partial charge in [0.15, 0.2) is 0 Å². The van der Waals surface area contributed by atoms with Gasteiger partial charge in [0.25, 0.3) is 0 Å². The topological polar surface area (TPSA) is 29.9 Å². The zero-order valence-corrected chi connectivity index (χ0v) is 13.8. The lowest BCUT2D eigenvalue weighted by Crippen LogP contribution is -2.47. The number of piperidine rings is 1. The van der Waals surface area contributed by atoms with Gasteiger partial charge in [0.05, 0.1) is 15.9 Å². The van der Waals surface area contributed by atoms with Gasteiger partial charge in [-0.25, -0.2) is 4.39 Å². The molecule has 0 spiro atoms. The second-order valence-electron chi connectivity index (χ2n) is 6.25. The van der Waals surface area contributed by atoms with E-state index >= 15 is 4.39 Å². The highest BCUT2D eigenvalue weighted by atomic mass is 79.9. The Kier molecular flexibility index (Phi) is 3.93. The van der Waals surface area contributed by atoms with E-state index in [1.807, 2.05) is 4.68 Å². The molecule has 1 N–H and O–H groups in total.